The number of pyridine rings is 1. The average Bonchev–Trinajstić information content (AvgIpc) is 3.34. The van der Waals surface area contributed by atoms with Crippen molar-refractivity contribution in [3.05, 3.63) is 70.7 Å². The minimum atomic E-state index is 0.0138. The van der Waals surface area contributed by atoms with E-state index < -0.39 is 0 Å². The van der Waals surface area contributed by atoms with E-state index in [0.717, 1.165) is 40.8 Å². The van der Waals surface area contributed by atoms with Crippen LogP contribution < -0.4 is 5.69 Å². The number of nitrogens with one attached hydrogen (secondary N) is 1. The third-order valence-corrected chi connectivity index (χ3v) is 4.76. The van der Waals surface area contributed by atoms with Crippen LogP contribution in [0.4, 0.5) is 0 Å². The fourth-order valence-corrected chi connectivity index (χ4v) is 3.36. The molecule has 1 N–H and O–H groups in total. The molecule has 8 heteroatoms. The number of hydrogen-bond donors (Lipinski definition) is 1. The molecule has 1 aromatic carbocycles. The van der Waals surface area contributed by atoms with E-state index >= 15 is 0 Å². The molecule has 8 nitrogen and oxygen atoms in total. The molecule has 3 aromatic heterocycles. The van der Waals surface area contributed by atoms with Gasteiger partial charge in [0, 0.05) is 42.5 Å². The Balaban J connectivity index is 1.64. The maximum atomic E-state index is 12.4. The van der Waals surface area contributed by atoms with Crippen LogP contribution in [0, 0.1) is 0 Å². The molecule has 0 aliphatic carbocycles. The van der Waals surface area contributed by atoms with Crippen molar-refractivity contribution in [1.82, 2.24) is 34.7 Å². The van der Waals surface area contributed by atoms with Crippen molar-refractivity contribution >= 4 is 0 Å². The lowest BCUT2D eigenvalue weighted by Gasteiger charge is -2.09. The molecule has 0 spiro atoms. The second-order valence-corrected chi connectivity index (χ2v) is 6.72. The van der Waals surface area contributed by atoms with Crippen LogP contribution in [-0.2, 0) is 20.0 Å². The number of nitrogens with zero attached hydrogens (tertiary/aromatic N) is 6. The molecular weight excluding hydrogens is 354 g/mol. The number of benzene rings is 1. The largest absolute Gasteiger partial charge is 0.328 e. The lowest BCUT2D eigenvalue weighted by Crippen LogP contribution is -2.23. The van der Waals surface area contributed by atoms with Gasteiger partial charge in [-0.15, -0.1) is 5.10 Å². The van der Waals surface area contributed by atoms with Gasteiger partial charge in [0.2, 0.25) is 0 Å². The zero-order chi connectivity index (χ0) is 19.5. The van der Waals surface area contributed by atoms with Gasteiger partial charge < -0.3 is 4.57 Å². The van der Waals surface area contributed by atoms with Crippen molar-refractivity contribution in [3.8, 4) is 22.5 Å². The van der Waals surface area contributed by atoms with E-state index in [0.29, 0.717) is 12.4 Å². The molecule has 4 rings (SSSR count). The molecular formula is C20H21N7O. The molecule has 0 aliphatic rings. The number of tetrazole rings is 1. The van der Waals surface area contributed by atoms with E-state index in [9.17, 15) is 4.79 Å². The van der Waals surface area contributed by atoms with Crippen LogP contribution in [0.25, 0.3) is 22.5 Å². The normalized spacial score (nSPS) is 11.1. The van der Waals surface area contributed by atoms with Gasteiger partial charge in [-0.25, -0.2) is 9.89 Å². The smallest absolute Gasteiger partial charge is 0.302 e. The molecule has 0 amide bonds. The molecule has 0 fully saturated rings. The van der Waals surface area contributed by atoms with E-state index in [-0.39, 0.29) is 5.69 Å². The topological polar surface area (TPSA) is 94.3 Å². The van der Waals surface area contributed by atoms with E-state index in [1.54, 1.807) is 24.0 Å². The Bertz CT molecular complexity index is 1120. The quantitative estimate of drug-likeness (QED) is 0.558. The van der Waals surface area contributed by atoms with Crippen LogP contribution in [0.2, 0.25) is 0 Å². The third kappa shape index (κ3) is 3.36. The maximum Gasteiger partial charge on any atom is 0.328 e. The molecule has 0 radical (unpaired) electrons. The van der Waals surface area contributed by atoms with Crippen molar-refractivity contribution in [3.63, 3.8) is 0 Å². The van der Waals surface area contributed by atoms with Gasteiger partial charge in [0.1, 0.15) is 0 Å². The zero-order valence-corrected chi connectivity index (χ0v) is 15.8. The van der Waals surface area contributed by atoms with Crippen LogP contribution in [0.1, 0.15) is 24.6 Å². The minimum Gasteiger partial charge on any atom is -0.302 e. The number of H-pyrrole nitrogens is 1. The first kappa shape index (κ1) is 17.8. The molecule has 3 heterocycles. The van der Waals surface area contributed by atoms with Crippen molar-refractivity contribution in [2.75, 3.05) is 0 Å². The van der Waals surface area contributed by atoms with Gasteiger partial charge in [0.25, 0.3) is 0 Å². The second kappa shape index (κ2) is 7.59. The Kier molecular flexibility index (Phi) is 4.84. The second-order valence-electron chi connectivity index (χ2n) is 6.72. The lowest BCUT2D eigenvalue weighted by molar-refractivity contribution is 0.681. The lowest BCUT2D eigenvalue weighted by atomic mass is 10.0. The van der Waals surface area contributed by atoms with Crippen LogP contribution in [0.15, 0.2) is 53.7 Å². The summed E-state index contributed by atoms with van der Waals surface area (Å²) in [6, 6.07) is 10.0. The average molecular weight is 375 g/mol. The number of aryl methyl sites for hydroxylation is 2. The molecule has 0 bridgehead atoms. The monoisotopic (exact) mass is 375 g/mol. The van der Waals surface area contributed by atoms with E-state index in [4.69, 9.17) is 0 Å². The molecule has 0 atom stereocenters. The summed E-state index contributed by atoms with van der Waals surface area (Å²) < 4.78 is 3.49. The Morgan fingerprint density at radius 1 is 1.11 bits per heavy atom. The van der Waals surface area contributed by atoms with Crippen LogP contribution in [-0.4, -0.2) is 34.7 Å². The van der Waals surface area contributed by atoms with Gasteiger partial charge in [-0.2, -0.15) is 0 Å². The van der Waals surface area contributed by atoms with Crippen molar-refractivity contribution in [1.29, 1.82) is 0 Å². The van der Waals surface area contributed by atoms with Crippen LogP contribution >= 0.6 is 0 Å². The molecule has 0 aliphatic heterocycles. The van der Waals surface area contributed by atoms with Crippen LogP contribution in [0.3, 0.4) is 0 Å². The Morgan fingerprint density at radius 3 is 2.64 bits per heavy atom. The summed E-state index contributed by atoms with van der Waals surface area (Å²) in [6.07, 6.45) is 7.33. The SMILES string of the molecule is CCCc1cn(C)c(=O)n1Cc1ccc(-c2cnccc2-c2nnn[nH]2)cc1. The zero-order valence-electron chi connectivity index (χ0n) is 15.8. The highest BCUT2D eigenvalue weighted by Gasteiger charge is 2.12. The molecule has 0 unspecified atom stereocenters. The first-order valence-corrected chi connectivity index (χ1v) is 9.20. The molecule has 28 heavy (non-hydrogen) atoms. The number of aromatic amines is 1. The molecule has 142 valence electrons. The molecule has 4 aromatic rings. The highest BCUT2D eigenvalue weighted by atomic mass is 16.1. The van der Waals surface area contributed by atoms with Gasteiger partial charge in [-0.3, -0.25) is 9.55 Å². The summed E-state index contributed by atoms with van der Waals surface area (Å²) in [5.41, 5.74) is 4.98. The first-order chi connectivity index (χ1) is 13.7. The van der Waals surface area contributed by atoms with Gasteiger partial charge in [0.15, 0.2) is 5.82 Å². The van der Waals surface area contributed by atoms with Gasteiger partial charge in [-0.1, -0.05) is 37.6 Å². The maximum absolute atomic E-state index is 12.4. The number of imidazole rings is 1. The summed E-state index contributed by atoms with van der Waals surface area (Å²) in [6.45, 7) is 2.67. The number of aromatic nitrogens is 7. The van der Waals surface area contributed by atoms with Gasteiger partial charge in [0.05, 0.1) is 6.54 Å². The van der Waals surface area contributed by atoms with E-state index in [1.165, 1.54) is 0 Å². The third-order valence-electron chi connectivity index (χ3n) is 4.76. The predicted molar refractivity (Wildman–Crippen MR) is 106 cm³/mol. The Labute approximate surface area is 161 Å². The van der Waals surface area contributed by atoms with Gasteiger partial charge >= 0.3 is 5.69 Å². The van der Waals surface area contributed by atoms with E-state index in [1.807, 2.05) is 41.1 Å². The fourth-order valence-electron chi connectivity index (χ4n) is 3.36. The Morgan fingerprint density at radius 2 is 1.93 bits per heavy atom. The summed E-state index contributed by atoms with van der Waals surface area (Å²) in [5, 5.41) is 14.1. The van der Waals surface area contributed by atoms with Gasteiger partial charge in [-0.05, 0) is 34.0 Å². The molecule has 0 saturated heterocycles. The van der Waals surface area contributed by atoms with Crippen molar-refractivity contribution in [2.45, 2.75) is 26.3 Å². The molecule has 0 saturated carbocycles. The first-order valence-electron chi connectivity index (χ1n) is 9.20. The summed E-state index contributed by atoms with van der Waals surface area (Å²) >= 11 is 0. The summed E-state index contributed by atoms with van der Waals surface area (Å²) in [5.74, 6) is 0.599. The standard InChI is InChI=1S/C20H21N7O/c1-3-4-16-13-26(2)20(28)27(16)12-14-5-7-15(8-6-14)18-11-21-10-9-17(18)19-22-24-25-23-19/h5-11,13H,3-4,12H2,1-2H3,(H,22,23,24,25). The minimum absolute atomic E-state index is 0.0138. The number of rotatable bonds is 6. The summed E-state index contributed by atoms with van der Waals surface area (Å²) in [7, 11) is 1.80. The van der Waals surface area contributed by atoms with E-state index in [2.05, 4.69) is 32.5 Å². The predicted octanol–water partition coefficient (Wildman–Crippen LogP) is 2.43. The summed E-state index contributed by atoms with van der Waals surface area (Å²) in [4.78, 5) is 16.7. The fraction of sp³-hybridized carbons (Fsp3) is 0.250. The number of hydrogen-bond acceptors (Lipinski definition) is 5. The van der Waals surface area contributed by atoms with Crippen molar-refractivity contribution < 1.29 is 0 Å². The highest BCUT2D eigenvalue weighted by Crippen LogP contribution is 2.29. The van der Waals surface area contributed by atoms with Crippen molar-refractivity contribution in [2.24, 2.45) is 7.05 Å². The Hall–Kier alpha value is -3.55. The van der Waals surface area contributed by atoms with Crippen LogP contribution in [0.5, 0.6) is 0 Å². The highest BCUT2D eigenvalue weighted by molar-refractivity contribution is 5.79.